The van der Waals surface area contributed by atoms with Crippen LogP contribution in [-0.4, -0.2) is 85.5 Å². The topological polar surface area (TPSA) is 214 Å². The average molecular weight is 697 g/mol. The Morgan fingerprint density at radius 2 is 1.10 bits per heavy atom. The number of fused-ring (bicyclic) bond motifs is 2. The second-order valence-electron chi connectivity index (χ2n) is 14.0. The number of rotatable bonds is 15. The minimum atomic E-state index is -1.09. The number of carbonyl (C=O) groups is 7. The van der Waals surface area contributed by atoms with Crippen LogP contribution < -0.4 is 0 Å². The van der Waals surface area contributed by atoms with Gasteiger partial charge in [-0.05, 0) is 83.5 Å². The highest BCUT2D eigenvalue weighted by Gasteiger charge is 2.50. The first-order valence-corrected chi connectivity index (χ1v) is 17.0. The second kappa shape index (κ2) is 16.5. The van der Waals surface area contributed by atoms with Crippen molar-refractivity contribution >= 4 is 41.8 Å². The summed E-state index contributed by atoms with van der Waals surface area (Å²) in [4.78, 5) is 106. The van der Waals surface area contributed by atoms with Crippen LogP contribution in [0, 0.1) is 53.3 Å². The smallest absolute Gasteiger partial charge is 0.317 e. The molecular weight excluding hydrogens is 652 g/mol. The van der Waals surface area contributed by atoms with Crippen LogP contribution in [-0.2, 0) is 72.1 Å². The quantitative estimate of drug-likeness (QED) is 0.0648. The minimum absolute atomic E-state index is 0.0109. The molecule has 2 saturated heterocycles. The summed E-state index contributed by atoms with van der Waals surface area (Å²) in [5.41, 5.74) is 0. The minimum Gasteiger partial charge on any atom is -0.481 e. The van der Waals surface area contributed by atoms with E-state index in [1.54, 1.807) is 13.8 Å². The fourth-order valence-electron chi connectivity index (χ4n) is 7.57. The molecule has 2 aliphatic heterocycles. The molecule has 0 aromatic rings. The molecule has 3 saturated carbocycles. The van der Waals surface area contributed by atoms with Gasteiger partial charge in [-0.3, -0.25) is 33.6 Å². The van der Waals surface area contributed by atoms with Crippen molar-refractivity contribution in [3.63, 3.8) is 0 Å². The van der Waals surface area contributed by atoms with Crippen LogP contribution in [0.25, 0.3) is 0 Å². The third-order valence-corrected chi connectivity index (χ3v) is 10.3. The van der Waals surface area contributed by atoms with Crippen LogP contribution in [0.15, 0.2) is 0 Å². The number of hydrogen-bond acceptors (Lipinski definition) is 15. The molecule has 16 heteroatoms. The Balaban J connectivity index is 0.970. The lowest BCUT2D eigenvalue weighted by Crippen LogP contribution is -2.39. The maximum absolute atomic E-state index is 13.0. The highest BCUT2D eigenvalue weighted by atomic mass is 17.2. The normalized spacial score (nSPS) is 33.9. The summed E-state index contributed by atoms with van der Waals surface area (Å²) in [5, 5.41) is 9.74. The zero-order valence-electron chi connectivity index (χ0n) is 27.6. The van der Waals surface area contributed by atoms with E-state index in [1.165, 1.54) is 0 Å². The highest BCUT2D eigenvalue weighted by Crippen LogP contribution is 2.41. The maximum atomic E-state index is 13.0. The van der Waals surface area contributed by atoms with Gasteiger partial charge in [0.15, 0.2) is 0 Å². The lowest BCUT2D eigenvalue weighted by molar-refractivity contribution is -0.313. The Bertz CT molecular complexity index is 1280. The molecule has 0 bridgehead atoms. The van der Waals surface area contributed by atoms with Crippen molar-refractivity contribution < 1.29 is 77.2 Å². The molecule has 272 valence electrons. The van der Waals surface area contributed by atoms with Gasteiger partial charge >= 0.3 is 41.8 Å². The third kappa shape index (κ3) is 9.21. The Labute approximate surface area is 282 Å². The monoisotopic (exact) mass is 696 g/mol. The first kappa shape index (κ1) is 36.8. The van der Waals surface area contributed by atoms with E-state index in [2.05, 4.69) is 4.74 Å². The van der Waals surface area contributed by atoms with E-state index in [-0.39, 0.29) is 63.4 Å². The fraction of sp³-hybridized carbons (Fsp3) is 0.788. The molecule has 0 spiro atoms. The van der Waals surface area contributed by atoms with E-state index in [0.717, 1.165) is 0 Å². The standard InChI is InChI=1S/C33H44O16/c1-16(46-28(36)20-5-8-23-26(11-20)33(41)49-30(23)38)12-42-44-14-18-3-6-21(27(34)35)24(9-18)31(39)47-17(2)13-43-45-15-19-4-7-22-25(10-19)32(40)48-29(22)37/h16-26H,3-15H2,1-2H3,(H,34,35). The van der Waals surface area contributed by atoms with Crippen molar-refractivity contribution in [2.45, 2.75) is 83.8 Å². The molecule has 3 aliphatic carbocycles. The third-order valence-electron chi connectivity index (χ3n) is 10.3. The largest absolute Gasteiger partial charge is 0.481 e. The molecule has 5 aliphatic rings. The fourth-order valence-corrected chi connectivity index (χ4v) is 7.57. The van der Waals surface area contributed by atoms with Crippen LogP contribution >= 0.6 is 0 Å². The van der Waals surface area contributed by atoms with Crippen molar-refractivity contribution in [2.24, 2.45) is 53.3 Å². The van der Waals surface area contributed by atoms with Crippen LogP contribution in [0.5, 0.6) is 0 Å². The molecule has 1 N–H and O–H groups in total. The Morgan fingerprint density at radius 3 is 1.69 bits per heavy atom. The Morgan fingerprint density at radius 1 is 0.612 bits per heavy atom. The molecule has 0 aromatic heterocycles. The molecule has 11 unspecified atom stereocenters. The van der Waals surface area contributed by atoms with Crippen molar-refractivity contribution in [3.8, 4) is 0 Å². The zero-order valence-corrected chi connectivity index (χ0v) is 27.6. The van der Waals surface area contributed by atoms with E-state index in [0.29, 0.717) is 38.5 Å². The molecule has 49 heavy (non-hydrogen) atoms. The maximum Gasteiger partial charge on any atom is 0.317 e. The summed E-state index contributed by atoms with van der Waals surface area (Å²) >= 11 is 0. The molecule has 16 nitrogen and oxygen atoms in total. The highest BCUT2D eigenvalue weighted by molar-refractivity contribution is 5.97. The van der Waals surface area contributed by atoms with Gasteiger partial charge in [-0.25, -0.2) is 19.6 Å². The summed E-state index contributed by atoms with van der Waals surface area (Å²) in [7, 11) is 0. The number of hydrogen-bond donors (Lipinski definition) is 1. The SMILES string of the molecule is CC(COOCC1CCC(C(=O)O)C(C(=O)OC(C)COOCC2CCC3C(=O)OC(=O)C3C2)C1)OC(=O)C1CCC2C(=O)OC(=O)C2C1. The van der Waals surface area contributed by atoms with E-state index >= 15 is 0 Å². The zero-order chi connectivity index (χ0) is 35.2. The first-order valence-electron chi connectivity index (χ1n) is 17.0. The Hall–Kier alpha value is -3.47. The summed E-state index contributed by atoms with van der Waals surface area (Å²) in [6.45, 7) is 3.34. The molecule has 5 fully saturated rings. The molecule has 0 aromatic carbocycles. The predicted octanol–water partition coefficient (Wildman–Crippen LogP) is 2.10. The van der Waals surface area contributed by atoms with E-state index < -0.39 is 89.5 Å². The van der Waals surface area contributed by atoms with Crippen molar-refractivity contribution in [2.75, 3.05) is 26.4 Å². The molecule has 2 heterocycles. The van der Waals surface area contributed by atoms with Gasteiger partial charge in [0.1, 0.15) is 25.4 Å². The van der Waals surface area contributed by atoms with Gasteiger partial charge in [0.25, 0.3) is 0 Å². The molecule has 11 atom stereocenters. The van der Waals surface area contributed by atoms with E-state index in [4.69, 9.17) is 33.8 Å². The number of ether oxygens (including phenoxy) is 4. The number of cyclic esters (lactones) is 4. The number of carbonyl (C=O) groups excluding carboxylic acids is 6. The van der Waals surface area contributed by atoms with Crippen LogP contribution in [0.4, 0.5) is 0 Å². The summed E-state index contributed by atoms with van der Waals surface area (Å²) in [5.74, 6) is -8.78. The van der Waals surface area contributed by atoms with Crippen LogP contribution in [0.3, 0.4) is 0 Å². The van der Waals surface area contributed by atoms with Gasteiger partial charge in [0.05, 0.1) is 54.6 Å². The predicted molar refractivity (Wildman–Crippen MR) is 158 cm³/mol. The van der Waals surface area contributed by atoms with Crippen molar-refractivity contribution in [1.29, 1.82) is 0 Å². The molecular formula is C33H44O16. The summed E-state index contributed by atoms with van der Waals surface area (Å²) < 4.78 is 20.4. The van der Waals surface area contributed by atoms with Crippen LogP contribution in [0.2, 0.25) is 0 Å². The van der Waals surface area contributed by atoms with Gasteiger partial charge in [0.2, 0.25) is 0 Å². The van der Waals surface area contributed by atoms with Crippen molar-refractivity contribution in [1.82, 2.24) is 0 Å². The molecule has 0 amide bonds. The average Bonchev–Trinajstić information content (AvgIpc) is 3.52. The lowest BCUT2D eigenvalue weighted by Gasteiger charge is -2.32. The lowest BCUT2D eigenvalue weighted by atomic mass is 9.74. The van der Waals surface area contributed by atoms with Gasteiger partial charge in [0, 0.05) is 0 Å². The number of esters is 6. The number of carboxylic acid groups (broad SMARTS) is 1. The molecule has 5 rings (SSSR count). The first-order chi connectivity index (χ1) is 23.4. The Kier molecular flexibility index (Phi) is 12.4. The van der Waals surface area contributed by atoms with Crippen molar-refractivity contribution in [3.05, 3.63) is 0 Å². The van der Waals surface area contributed by atoms with Gasteiger partial charge in [-0.1, -0.05) is 0 Å². The number of carboxylic acids is 1. The van der Waals surface area contributed by atoms with Gasteiger partial charge in [-0.15, -0.1) is 0 Å². The summed E-state index contributed by atoms with van der Waals surface area (Å²) in [6.07, 6.45) is 2.26. The number of aliphatic carboxylic acids is 1. The van der Waals surface area contributed by atoms with Gasteiger partial charge < -0.3 is 24.1 Å². The molecule has 0 radical (unpaired) electrons. The second-order valence-corrected chi connectivity index (χ2v) is 14.0. The van der Waals surface area contributed by atoms with Crippen LogP contribution in [0.1, 0.15) is 71.6 Å². The van der Waals surface area contributed by atoms with Gasteiger partial charge in [-0.2, -0.15) is 0 Å². The summed E-state index contributed by atoms with van der Waals surface area (Å²) in [6, 6.07) is 0. The van der Waals surface area contributed by atoms with E-state index in [9.17, 15) is 38.7 Å². The van der Waals surface area contributed by atoms with E-state index in [1.807, 2.05) is 0 Å².